The van der Waals surface area contributed by atoms with Gasteiger partial charge < -0.3 is 9.30 Å². The number of carbonyl (C=O) groups excluding carboxylic acids is 1. The van der Waals surface area contributed by atoms with Gasteiger partial charge in [0, 0.05) is 34.4 Å². The van der Waals surface area contributed by atoms with E-state index in [0.29, 0.717) is 0 Å². The molecule has 28 heavy (non-hydrogen) atoms. The number of aryl methyl sites for hydroxylation is 1. The van der Waals surface area contributed by atoms with Crippen LogP contribution in [0.2, 0.25) is 0 Å². The number of rotatable bonds is 6. The van der Waals surface area contributed by atoms with Gasteiger partial charge in [0.05, 0.1) is 0 Å². The van der Waals surface area contributed by atoms with Crippen LogP contribution in [-0.2, 0) is 22.7 Å². The van der Waals surface area contributed by atoms with Crippen LogP contribution >= 0.6 is 0 Å². The van der Waals surface area contributed by atoms with Gasteiger partial charge in [0.15, 0.2) is 0 Å². The molecule has 3 nitrogen and oxygen atoms in total. The molecule has 0 atom stereocenters. The van der Waals surface area contributed by atoms with Gasteiger partial charge in [-0.25, -0.2) is 4.79 Å². The molecule has 3 aromatic carbocycles. The molecule has 0 aliphatic rings. The van der Waals surface area contributed by atoms with Crippen molar-refractivity contribution in [2.45, 2.75) is 26.5 Å². The summed E-state index contributed by atoms with van der Waals surface area (Å²) in [5.41, 5.74) is 4.44. The van der Waals surface area contributed by atoms with E-state index < -0.39 is 0 Å². The quantitative estimate of drug-likeness (QED) is 0.310. The third kappa shape index (κ3) is 3.70. The average Bonchev–Trinajstić information content (AvgIpc) is 3.05. The molecule has 140 valence electrons. The van der Waals surface area contributed by atoms with Crippen LogP contribution in [0.3, 0.4) is 0 Å². The number of esters is 1. The topological polar surface area (TPSA) is 31.2 Å². The van der Waals surface area contributed by atoms with Crippen LogP contribution in [0, 0.1) is 0 Å². The Morgan fingerprint density at radius 3 is 2.50 bits per heavy atom. The zero-order valence-electron chi connectivity index (χ0n) is 16.0. The highest BCUT2D eigenvalue weighted by Gasteiger charge is 2.10. The minimum absolute atomic E-state index is 0.265. The van der Waals surface area contributed by atoms with Gasteiger partial charge in [0.25, 0.3) is 0 Å². The molecule has 0 unspecified atom stereocenters. The van der Waals surface area contributed by atoms with E-state index in [9.17, 15) is 4.79 Å². The number of hydrogen-bond acceptors (Lipinski definition) is 2. The Hall–Kier alpha value is -3.33. The highest BCUT2D eigenvalue weighted by molar-refractivity contribution is 6.08. The number of carbonyl (C=O) groups is 1. The van der Waals surface area contributed by atoms with Crippen molar-refractivity contribution >= 4 is 33.9 Å². The molecule has 0 N–H and O–H groups in total. The van der Waals surface area contributed by atoms with E-state index in [1.165, 1.54) is 27.9 Å². The molecule has 1 aromatic heterocycles. The molecule has 0 fully saturated rings. The first-order valence-electron chi connectivity index (χ1n) is 9.66. The lowest BCUT2D eigenvalue weighted by molar-refractivity contribution is -0.138. The number of nitrogens with zero attached hydrogens (tertiary/aromatic N) is 1. The zero-order valence-corrected chi connectivity index (χ0v) is 16.0. The van der Waals surface area contributed by atoms with Crippen LogP contribution in [-0.4, -0.2) is 10.5 Å². The van der Waals surface area contributed by atoms with E-state index in [1.807, 2.05) is 36.4 Å². The van der Waals surface area contributed by atoms with Crippen LogP contribution in [0.1, 0.15) is 24.5 Å². The smallest absolute Gasteiger partial charge is 0.331 e. The normalized spacial score (nSPS) is 11.5. The van der Waals surface area contributed by atoms with Crippen molar-refractivity contribution in [1.29, 1.82) is 0 Å². The molecule has 0 amide bonds. The lowest BCUT2D eigenvalue weighted by atomic mass is 10.1. The molecule has 4 rings (SSSR count). The van der Waals surface area contributed by atoms with Crippen LogP contribution < -0.4 is 0 Å². The molecule has 4 aromatic rings. The largest absolute Gasteiger partial charge is 0.458 e. The van der Waals surface area contributed by atoms with E-state index in [4.69, 9.17) is 4.74 Å². The van der Waals surface area contributed by atoms with Crippen LogP contribution in [0.15, 0.2) is 78.9 Å². The van der Waals surface area contributed by atoms with E-state index >= 15 is 0 Å². The Balaban J connectivity index is 1.54. The number of fused-ring (bicyclic) bond motifs is 3. The van der Waals surface area contributed by atoms with Crippen LogP contribution in [0.5, 0.6) is 0 Å². The summed E-state index contributed by atoms with van der Waals surface area (Å²) in [4.78, 5) is 12.0. The van der Waals surface area contributed by atoms with Gasteiger partial charge in [-0.1, -0.05) is 61.5 Å². The van der Waals surface area contributed by atoms with Gasteiger partial charge in [0.2, 0.25) is 0 Å². The summed E-state index contributed by atoms with van der Waals surface area (Å²) < 4.78 is 7.80. The first-order valence-corrected chi connectivity index (χ1v) is 9.66. The van der Waals surface area contributed by atoms with E-state index in [0.717, 1.165) is 24.1 Å². The molecule has 0 aliphatic carbocycles. The fraction of sp³-hybridized carbons (Fsp3) is 0.160. The van der Waals surface area contributed by atoms with Crippen LogP contribution in [0.25, 0.3) is 27.9 Å². The molecule has 0 aliphatic heterocycles. The summed E-state index contributed by atoms with van der Waals surface area (Å²) in [6, 6.07) is 24.5. The van der Waals surface area contributed by atoms with Crippen molar-refractivity contribution in [3.05, 3.63) is 90.0 Å². The number of para-hydroxylation sites is 1. The second-order valence-corrected chi connectivity index (χ2v) is 6.87. The predicted molar refractivity (Wildman–Crippen MR) is 115 cm³/mol. The first-order chi connectivity index (χ1) is 13.8. The van der Waals surface area contributed by atoms with Gasteiger partial charge in [-0.15, -0.1) is 0 Å². The zero-order chi connectivity index (χ0) is 19.3. The van der Waals surface area contributed by atoms with Crippen molar-refractivity contribution in [1.82, 2.24) is 4.57 Å². The maximum absolute atomic E-state index is 12.0. The molecule has 0 saturated heterocycles. The Bertz CT molecular complexity index is 1140. The Morgan fingerprint density at radius 2 is 1.68 bits per heavy atom. The summed E-state index contributed by atoms with van der Waals surface area (Å²) >= 11 is 0. The molecule has 0 bridgehead atoms. The van der Waals surface area contributed by atoms with E-state index in [1.54, 1.807) is 6.08 Å². The minimum atomic E-state index is -0.336. The highest BCUT2D eigenvalue weighted by atomic mass is 16.5. The second-order valence-electron chi connectivity index (χ2n) is 6.87. The summed E-state index contributed by atoms with van der Waals surface area (Å²) in [6.07, 6.45) is 4.33. The van der Waals surface area contributed by atoms with Gasteiger partial charge in [-0.3, -0.25) is 0 Å². The summed E-state index contributed by atoms with van der Waals surface area (Å²) in [5.74, 6) is -0.336. The maximum Gasteiger partial charge on any atom is 0.331 e. The summed E-state index contributed by atoms with van der Waals surface area (Å²) in [7, 11) is 0. The summed E-state index contributed by atoms with van der Waals surface area (Å²) in [6.45, 7) is 3.45. The van der Waals surface area contributed by atoms with Crippen molar-refractivity contribution in [2.75, 3.05) is 0 Å². The van der Waals surface area contributed by atoms with Crippen molar-refractivity contribution in [3.63, 3.8) is 0 Å². The van der Waals surface area contributed by atoms with Gasteiger partial charge >= 0.3 is 5.97 Å². The third-order valence-electron chi connectivity index (χ3n) is 4.88. The fourth-order valence-corrected chi connectivity index (χ4v) is 3.59. The molecular weight excluding hydrogens is 346 g/mol. The molecule has 3 heteroatoms. The Kier molecular flexibility index (Phi) is 5.24. The standard InChI is InChI=1S/C25H23NO2/c1-2-16-26-23-11-7-6-10-21(23)22-17-20(12-14-24(22)26)18-28-25(27)15-13-19-8-4-3-5-9-19/h3-15,17H,2,16,18H2,1H3/b15-13+. The Morgan fingerprint density at radius 1 is 0.929 bits per heavy atom. The first kappa shape index (κ1) is 18.1. The minimum Gasteiger partial charge on any atom is -0.458 e. The third-order valence-corrected chi connectivity index (χ3v) is 4.88. The van der Waals surface area contributed by atoms with E-state index in [-0.39, 0.29) is 12.6 Å². The van der Waals surface area contributed by atoms with Crippen molar-refractivity contribution < 1.29 is 9.53 Å². The van der Waals surface area contributed by atoms with Crippen molar-refractivity contribution in [2.24, 2.45) is 0 Å². The second kappa shape index (κ2) is 8.13. The monoisotopic (exact) mass is 369 g/mol. The van der Waals surface area contributed by atoms with Crippen molar-refractivity contribution in [3.8, 4) is 0 Å². The molecule has 0 radical (unpaired) electrons. The molecule has 1 heterocycles. The maximum atomic E-state index is 12.0. The number of hydrogen-bond donors (Lipinski definition) is 0. The molecular formula is C25H23NO2. The average molecular weight is 369 g/mol. The molecule has 0 spiro atoms. The Labute approximate surface area is 164 Å². The van der Waals surface area contributed by atoms with E-state index in [2.05, 4.69) is 47.9 Å². The number of aromatic nitrogens is 1. The van der Waals surface area contributed by atoms with Crippen LogP contribution in [0.4, 0.5) is 0 Å². The number of ether oxygens (including phenoxy) is 1. The lowest BCUT2D eigenvalue weighted by Gasteiger charge is -2.06. The highest BCUT2D eigenvalue weighted by Crippen LogP contribution is 2.30. The SMILES string of the molecule is CCCn1c2ccccc2c2cc(COC(=O)/C=C/c3ccccc3)ccc21. The lowest BCUT2D eigenvalue weighted by Crippen LogP contribution is -2.01. The summed E-state index contributed by atoms with van der Waals surface area (Å²) in [5, 5.41) is 2.44. The number of benzene rings is 3. The molecule has 0 saturated carbocycles. The predicted octanol–water partition coefficient (Wildman–Crippen LogP) is 5.96. The van der Waals surface area contributed by atoms with Gasteiger partial charge in [-0.2, -0.15) is 0 Å². The fourth-order valence-electron chi connectivity index (χ4n) is 3.59. The van der Waals surface area contributed by atoms with Gasteiger partial charge in [0.1, 0.15) is 6.61 Å². The van der Waals surface area contributed by atoms with Gasteiger partial charge in [-0.05, 0) is 41.8 Å².